The number of anilines is 1. The van der Waals surface area contributed by atoms with Crippen LogP contribution in [0, 0.1) is 12.7 Å². The van der Waals surface area contributed by atoms with Gasteiger partial charge in [-0.05, 0) is 55.0 Å². The number of alkyl halides is 6. The number of aryl methyl sites for hydroxylation is 1. The van der Waals surface area contributed by atoms with Gasteiger partial charge in [0.2, 0.25) is 5.91 Å². The topological polar surface area (TPSA) is 125 Å². The maximum absolute atomic E-state index is 13.1. The highest BCUT2D eigenvalue weighted by Gasteiger charge is 2.38. The molecule has 0 saturated carbocycles. The maximum atomic E-state index is 13.1. The number of carbonyl (C=O) groups is 3. The van der Waals surface area contributed by atoms with Crippen LogP contribution in [-0.4, -0.2) is 88.2 Å². The van der Waals surface area contributed by atoms with Gasteiger partial charge in [0, 0.05) is 44.1 Å². The molecule has 1 fully saturated rings. The second-order valence-corrected chi connectivity index (χ2v) is 9.08. The molecule has 10 nitrogen and oxygen atoms in total. The molecule has 1 saturated heterocycles. The zero-order chi connectivity index (χ0) is 33.9. The van der Waals surface area contributed by atoms with E-state index in [0.717, 1.165) is 35.7 Å². The Morgan fingerprint density at radius 2 is 1.42 bits per heavy atom. The molecule has 45 heavy (non-hydrogen) atoms. The Balaban J connectivity index is 0.000000421. The highest BCUT2D eigenvalue weighted by molar-refractivity contribution is 5.92. The summed E-state index contributed by atoms with van der Waals surface area (Å²) in [5, 5.41) is 14.2. The van der Waals surface area contributed by atoms with Gasteiger partial charge in [-0.3, -0.25) is 4.79 Å². The fraction of sp³-hybridized carbons (Fsp3) is 0.286. The average Bonchev–Trinajstić information content (AvgIpc) is 3.41. The van der Waals surface area contributed by atoms with Gasteiger partial charge in [0.15, 0.2) is 0 Å². The number of hydrogen-bond donors (Lipinski definition) is 2. The van der Waals surface area contributed by atoms with E-state index in [4.69, 9.17) is 24.5 Å². The Labute approximate surface area is 251 Å². The number of aromatic nitrogens is 2. The lowest BCUT2D eigenvalue weighted by Gasteiger charge is -2.35. The van der Waals surface area contributed by atoms with Crippen molar-refractivity contribution in [3.05, 3.63) is 78.1 Å². The number of benzene rings is 2. The van der Waals surface area contributed by atoms with Gasteiger partial charge in [-0.25, -0.2) is 19.0 Å². The lowest BCUT2D eigenvalue weighted by molar-refractivity contribution is -0.193. The van der Waals surface area contributed by atoms with Crippen LogP contribution in [-0.2, 0) is 14.4 Å². The number of ether oxygens (including phenoxy) is 1. The summed E-state index contributed by atoms with van der Waals surface area (Å²) in [5.41, 5.74) is 3.68. The highest BCUT2D eigenvalue weighted by atomic mass is 19.4. The standard InChI is InChI=1S/C24H25FN4O2.2C2HF3O2/c1-18-16-29(17-26-18)22-9-3-19(15-23(22)31-2)4-10-24(30)28-13-11-27(12-14-28)21-7-5-20(25)6-8-21;2*3-2(4,5)1(6)7/h3-10,15-17H,11-14H2,1-2H3;2*(H,6,7)/b10-4+;;. The van der Waals surface area contributed by atoms with Gasteiger partial charge in [-0.1, -0.05) is 6.07 Å². The first-order valence-electron chi connectivity index (χ1n) is 12.7. The van der Waals surface area contributed by atoms with E-state index in [1.165, 1.54) is 12.1 Å². The SMILES string of the molecule is COc1cc(/C=C/C(=O)N2CCN(c3ccc(F)cc3)CC2)ccc1-n1cnc(C)c1.O=C(O)C(F)(F)F.O=C(O)C(F)(F)F. The molecule has 1 amide bonds. The molecule has 2 aromatic carbocycles. The first-order chi connectivity index (χ1) is 20.9. The number of hydrogen-bond acceptors (Lipinski definition) is 6. The number of halogens is 7. The van der Waals surface area contributed by atoms with Gasteiger partial charge in [0.1, 0.15) is 11.6 Å². The molecule has 1 aliphatic heterocycles. The number of piperazine rings is 1. The molecule has 0 spiro atoms. The molecule has 17 heteroatoms. The molecule has 2 N–H and O–H groups in total. The summed E-state index contributed by atoms with van der Waals surface area (Å²) in [6, 6.07) is 12.3. The second-order valence-electron chi connectivity index (χ2n) is 9.08. The first-order valence-corrected chi connectivity index (χ1v) is 12.7. The van der Waals surface area contributed by atoms with E-state index in [2.05, 4.69) is 9.88 Å². The Kier molecular flexibility index (Phi) is 12.5. The summed E-state index contributed by atoms with van der Waals surface area (Å²) in [5.74, 6) is -5.07. The number of rotatable bonds is 5. The van der Waals surface area contributed by atoms with E-state index in [0.29, 0.717) is 18.8 Å². The van der Waals surface area contributed by atoms with Crippen molar-refractivity contribution in [2.45, 2.75) is 19.3 Å². The Morgan fingerprint density at radius 1 is 0.889 bits per heavy atom. The first kappa shape index (κ1) is 36.1. The zero-order valence-electron chi connectivity index (χ0n) is 23.6. The number of nitrogens with zero attached hydrogens (tertiary/aromatic N) is 4. The lowest BCUT2D eigenvalue weighted by Crippen LogP contribution is -2.48. The van der Waals surface area contributed by atoms with Crippen LogP contribution < -0.4 is 9.64 Å². The minimum atomic E-state index is -5.08. The van der Waals surface area contributed by atoms with E-state index < -0.39 is 24.3 Å². The second kappa shape index (κ2) is 15.6. The van der Waals surface area contributed by atoms with Crippen LogP contribution in [0.5, 0.6) is 5.75 Å². The van der Waals surface area contributed by atoms with Crippen molar-refractivity contribution in [3.8, 4) is 11.4 Å². The summed E-state index contributed by atoms with van der Waals surface area (Å²) in [6.45, 7) is 4.63. The van der Waals surface area contributed by atoms with E-state index >= 15 is 0 Å². The molecule has 0 aliphatic carbocycles. The molecule has 0 bridgehead atoms. The van der Waals surface area contributed by atoms with Crippen LogP contribution in [0.25, 0.3) is 11.8 Å². The minimum absolute atomic E-state index is 0.0213. The van der Waals surface area contributed by atoms with Crippen molar-refractivity contribution in [2.75, 3.05) is 38.2 Å². The quantitative estimate of drug-likeness (QED) is 0.294. The maximum Gasteiger partial charge on any atom is 0.490 e. The molecular weight excluding hydrogens is 621 g/mol. The molecule has 3 aromatic rings. The number of imidazole rings is 1. The molecule has 0 radical (unpaired) electrons. The van der Waals surface area contributed by atoms with Crippen LogP contribution in [0.4, 0.5) is 36.4 Å². The van der Waals surface area contributed by atoms with Gasteiger partial charge in [-0.15, -0.1) is 0 Å². The van der Waals surface area contributed by atoms with Gasteiger partial charge in [0.05, 0.1) is 24.8 Å². The van der Waals surface area contributed by atoms with E-state index in [1.54, 1.807) is 37.7 Å². The third-order valence-corrected chi connectivity index (χ3v) is 5.88. The molecular formula is C28H27F7N4O6. The van der Waals surface area contributed by atoms with E-state index in [-0.39, 0.29) is 11.7 Å². The van der Waals surface area contributed by atoms with Gasteiger partial charge >= 0.3 is 24.3 Å². The molecule has 2 heterocycles. The van der Waals surface area contributed by atoms with Crippen LogP contribution in [0.2, 0.25) is 0 Å². The molecule has 0 unspecified atom stereocenters. The zero-order valence-corrected chi connectivity index (χ0v) is 23.6. The molecule has 244 valence electrons. The van der Waals surface area contributed by atoms with Crippen LogP contribution in [0.15, 0.2) is 61.1 Å². The number of aliphatic carboxylic acids is 2. The number of methoxy groups -OCH3 is 1. The van der Waals surface area contributed by atoms with E-state index in [1.807, 2.05) is 40.8 Å². The fourth-order valence-electron chi connectivity index (χ4n) is 3.67. The van der Waals surface area contributed by atoms with Crippen molar-refractivity contribution in [1.82, 2.24) is 14.5 Å². The Hall–Kier alpha value is -5.09. The normalized spacial score (nSPS) is 13.4. The summed E-state index contributed by atoms with van der Waals surface area (Å²) in [4.78, 5) is 38.7. The Morgan fingerprint density at radius 3 is 1.87 bits per heavy atom. The van der Waals surface area contributed by atoms with Crippen molar-refractivity contribution in [3.63, 3.8) is 0 Å². The van der Waals surface area contributed by atoms with Crippen LogP contribution >= 0.6 is 0 Å². The van der Waals surface area contributed by atoms with Gasteiger partial charge < -0.3 is 29.3 Å². The molecule has 1 aliphatic rings. The smallest absolute Gasteiger partial charge is 0.490 e. The van der Waals surface area contributed by atoms with Crippen molar-refractivity contribution >= 4 is 29.6 Å². The van der Waals surface area contributed by atoms with Crippen LogP contribution in [0.3, 0.4) is 0 Å². The van der Waals surface area contributed by atoms with Crippen molar-refractivity contribution in [1.29, 1.82) is 0 Å². The Bertz CT molecular complexity index is 1460. The van der Waals surface area contributed by atoms with Crippen molar-refractivity contribution < 1.29 is 60.1 Å². The predicted octanol–water partition coefficient (Wildman–Crippen LogP) is 4.96. The summed E-state index contributed by atoms with van der Waals surface area (Å²) >= 11 is 0. The number of carboxylic acids is 2. The van der Waals surface area contributed by atoms with Gasteiger partial charge in [0.25, 0.3) is 0 Å². The summed E-state index contributed by atoms with van der Waals surface area (Å²) in [6.07, 6.45) is -3.08. The van der Waals surface area contributed by atoms with Gasteiger partial charge in [-0.2, -0.15) is 26.3 Å². The summed E-state index contributed by atoms with van der Waals surface area (Å²) in [7, 11) is 1.63. The minimum Gasteiger partial charge on any atom is -0.495 e. The lowest BCUT2D eigenvalue weighted by atomic mass is 10.1. The van der Waals surface area contributed by atoms with E-state index in [9.17, 15) is 35.5 Å². The fourth-order valence-corrected chi connectivity index (χ4v) is 3.67. The highest BCUT2D eigenvalue weighted by Crippen LogP contribution is 2.25. The number of amides is 1. The average molecular weight is 649 g/mol. The number of carboxylic acid groups (broad SMARTS) is 2. The van der Waals surface area contributed by atoms with Crippen molar-refractivity contribution in [2.24, 2.45) is 0 Å². The molecule has 1 aromatic heterocycles. The monoisotopic (exact) mass is 648 g/mol. The third-order valence-electron chi connectivity index (χ3n) is 5.88. The number of carbonyl (C=O) groups excluding carboxylic acids is 1. The summed E-state index contributed by atoms with van der Waals surface area (Å²) < 4.78 is 84.0. The predicted molar refractivity (Wildman–Crippen MR) is 146 cm³/mol. The largest absolute Gasteiger partial charge is 0.495 e. The third kappa shape index (κ3) is 11.5. The molecule has 4 rings (SSSR count). The van der Waals surface area contributed by atoms with Crippen LogP contribution in [0.1, 0.15) is 11.3 Å². The molecule has 0 atom stereocenters.